The van der Waals surface area contributed by atoms with Gasteiger partial charge in [0.05, 0.1) is 5.56 Å². The Hall–Kier alpha value is -1.60. The molecule has 0 bridgehead atoms. The third-order valence-corrected chi connectivity index (χ3v) is 3.02. The molecule has 1 N–H and O–H groups in total. The van der Waals surface area contributed by atoms with Gasteiger partial charge in [-0.15, -0.1) is 0 Å². The Bertz CT molecular complexity index is 419. The molecular weight excluding hydrogens is 214 g/mol. The molecule has 1 saturated heterocycles. The number of nitrogens with zero attached hydrogens (tertiary/aromatic N) is 2. The fourth-order valence-electron chi connectivity index (χ4n) is 1.99. The van der Waals surface area contributed by atoms with Crippen LogP contribution in [0.1, 0.15) is 24.1 Å². The molecular formula is C13H17N3O. The molecule has 0 aliphatic carbocycles. The summed E-state index contributed by atoms with van der Waals surface area (Å²) in [5.74, 6) is 1.35. The maximum absolute atomic E-state index is 8.97. The first-order chi connectivity index (χ1) is 8.29. The summed E-state index contributed by atoms with van der Waals surface area (Å²) in [6.07, 6.45) is 2.22. The number of hydrogen-bond acceptors (Lipinski definition) is 4. The van der Waals surface area contributed by atoms with Gasteiger partial charge in [-0.05, 0) is 37.8 Å². The van der Waals surface area contributed by atoms with Crippen LogP contribution in [0.2, 0.25) is 0 Å². The van der Waals surface area contributed by atoms with E-state index < -0.39 is 0 Å². The molecule has 1 aliphatic rings. The summed E-state index contributed by atoms with van der Waals surface area (Å²) in [5, 5.41) is 12.2. The molecule has 1 fully saturated rings. The zero-order chi connectivity index (χ0) is 12.1. The third kappa shape index (κ3) is 3.18. The second kappa shape index (κ2) is 5.65. The van der Waals surface area contributed by atoms with Crippen molar-refractivity contribution in [2.45, 2.75) is 19.8 Å². The highest BCUT2D eigenvalue weighted by Gasteiger charge is 2.15. The van der Waals surface area contributed by atoms with Crippen LogP contribution in [-0.4, -0.2) is 24.7 Å². The van der Waals surface area contributed by atoms with Crippen LogP contribution in [0.25, 0.3) is 0 Å². The Morgan fingerprint density at radius 1 is 1.59 bits per heavy atom. The van der Waals surface area contributed by atoms with E-state index in [1.807, 2.05) is 19.1 Å². The molecule has 0 amide bonds. The average molecular weight is 231 g/mol. The van der Waals surface area contributed by atoms with E-state index in [0.717, 1.165) is 38.3 Å². The standard InChI is InChI=1S/C13H17N3O/c1-10-2-3-12(8-14)13(16-10)15-6-4-11-5-7-17-9-11/h2-3,11H,4-7,9H2,1H3,(H,15,16). The topological polar surface area (TPSA) is 57.9 Å². The fourth-order valence-corrected chi connectivity index (χ4v) is 1.99. The van der Waals surface area contributed by atoms with Crippen LogP contribution in [-0.2, 0) is 4.74 Å². The van der Waals surface area contributed by atoms with Crippen LogP contribution in [0.15, 0.2) is 12.1 Å². The number of nitriles is 1. The van der Waals surface area contributed by atoms with Crippen molar-refractivity contribution in [1.82, 2.24) is 4.98 Å². The van der Waals surface area contributed by atoms with Crippen molar-refractivity contribution >= 4 is 5.82 Å². The van der Waals surface area contributed by atoms with Gasteiger partial charge in [-0.25, -0.2) is 4.98 Å². The second-order valence-corrected chi connectivity index (χ2v) is 4.41. The van der Waals surface area contributed by atoms with Gasteiger partial charge in [0.1, 0.15) is 11.9 Å². The van der Waals surface area contributed by atoms with Crippen molar-refractivity contribution in [3.8, 4) is 6.07 Å². The van der Waals surface area contributed by atoms with E-state index in [0.29, 0.717) is 17.3 Å². The zero-order valence-corrected chi connectivity index (χ0v) is 10.1. The highest BCUT2D eigenvalue weighted by atomic mass is 16.5. The molecule has 2 rings (SSSR count). The van der Waals surface area contributed by atoms with Gasteiger partial charge >= 0.3 is 0 Å². The molecule has 1 unspecified atom stereocenters. The summed E-state index contributed by atoms with van der Waals surface area (Å²) in [5.41, 5.74) is 1.54. The van der Waals surface area contributed by atoms with Crippen molar-refractivity contribution in [3.63, 3.8) is 0 Å². The first-order valence-electron chi connectivity index (χ1n) is 5.99. The van der Waals surface area contributed by atoms with Crippen LogP contribution in [0.5, 0.6) is 0 Å². The largest absolute Gasteiger partial charge is 0.381 e. The highest BCUT2D eigenvalue weighted by molar-refractivity contribution is 5.52. The Morgan fingerprint density at radius 3 is 3.18 bits per heavy atom. The maximum Gasteiger partial charge on any atom is 0.144 e. The molecule has 0 radical (unpaired) electrons. The number of anilines is 1. The predicted molar refractivity (Wildman–Crippen MR) is 65.7 cm³/mol. The van der Waals surface area contributed by atoms with Gasteiger partial charge in [-0.3, -0.25) is 0 Å². The monoisotopic (exact) mass is 231 g/mol. The van der Waals surface area contributed by atoms with Crippen LogP contribution in [0.4, 0.5) is 5.82 Å². The molecule has 4 nitrogen and oxygen atoms in total. The average Bonchev–Trinajstić information content (AvgIpc) is 2.82. The van der Waals surface area contributed by atoms with Crippen LogP contribution < -0.4 is 5.32 Å². The molecule has 90 valence electrons. The SMILES string of the molecule is Cc1ccc(C#N)c(NCCC2CCOC2)n1. The Morgan fingerprint density at radius 2 is 2.47 bits per heavy atom. The van der Waals surface area contributed by atoms with E-state index in [1.165, 1.54) is 0 Å². The Labute approximate surface area is 102 Å². The number of hydrogen-bond donors (Lipinski definition) is 1. The van der Waals surface area contributed by atoms with Gasteiger partial charge < -0.3 is 10.1 Å². The minimum atomic E-state index is 0.610. The fraction of sp³-hybridized carbons (Fsp3) is 0.538. The number of aryl methyl sites for hydroxylation is 1. The molecule has 1 aromatic rings. The molecule has 0 saturated carbocycles. The smallest absolute Gasteiger partial charge is 0.144 e. The predicted octanol–water partition coefficient (Wildman–Crippen LogP) is 2.10. The minimum Gasteiger partial charge on any atom is -0.381 e. The Balaban J connectivity index is 1.89. The van der Waals surface area contributed by atoms with Gasteiger partial charge in [-0.2, -0.15) is 5.26 Å². The molecule has 2 heterocycles. The number of pyridine rings is 1. The molecule has 0 spiro atoms. The summed E-state index contributed by atoms with van der Waals surface area (Å²) >= 11 is 0. The second-order valence-electron chi connectivity index (χ2n) is 4.41. The highest BCUT2D eigenvalue weighted by Crippen LogP contribution is 2.17. The van der Waals surface area contributed by atoms with Gasteiger partial charge in [0.25, 0.3) is 0 Å². The van der Waals surface area contributed by atoms with E-state index in [9.17, 15) is 0 Å². The van der Waals surface area contributed by atoms with Crippen LogP contribution in [0, 0.1) is 24.2 Å². The summed E-state index contributed by atoms with van der Waals surface area (Å²) in [6.45, 7) is 4.53. The quantitative estimate of drug-likeness (QED) is 0.862. The lowest BCUT2D eigenvalue weighted by Gasteiger charge is -2.10. The summed E-state index contributed by atoms with van der Waals surface area (Å²) in [6, 6.07) is 5.82. The summed E-state index contributed by atoms with van der Waals surface area (Å²) in [7, 11) is 0. The lowest BCUT2D eigenvalue weighted by Crippen LogP contribution is -2.11. The van der Waals surface area contributed by atoms with Crippen molar-refractivity contribution in [2.24, 2.45) is 5.92 Å². The molecule has 1 aliphatic heterocycles. The minimum absolute atomic E-state index is 0.610. The number of rotatable bonds is 4. The van der Waals surface area contributed by atoms with E-state index >= 15 is 0 Å². The molecule has 1 aromatic heterocycles. The molecule has 0 aromatic carbocycles. The van der Waals surface area contributed by atoms with Gasteiger partial charge in [0, 0.05) is 25.5 Å². The van der Waals surface area contributed by atoms with Crippen molar-refractivity contribution in [2.75, 3.05) is 25.1 Å². The van der Waals surface area contributed by atoms with Crippen molar-refractivity contribution in [1.29, 1.82) is 5.26 Å². The lowest BCUT2D eigenvalue weighted by atomic mass is 10.1. The molecule has 1 atom stereocenters. The van der Waals surface area contributed by atoms with E-state index in [2.05, 4.69) is 16.4 Å². The first kappa shape index (κ1) is 11.9. The first-order valence-corrected chi connectivity index (χ1v) is 5.99. The van der Waals surface area contributed by atoms with E-state index in [4.69, 9.17) is 10.00 Å². The number of aromatic nitrogens is 1. The van der Waals surface area contributed by atoms with Gasteiger partial charge in [0.2, 0.25) is 0 Å². The van der Waals surface area contributed by atoms with Crippen molar-refractivity contribution in [3.05, 3.63) is 23.4 Å². The Kier molecular flexibility index (Phi) is 3.94. The number of nitrogens with one attached hydrogen (secondary N) is 1. The number of ether oxygens (including phenoxy) is 1. The maximum atomic E-state index is 8.97. The summed E-state index contributed by atoms with van der Waals surface area (Å²) < 4.78 is 5.33. The van der Waals surface area contributed by atoms with Crippen LogP contribution in [0.3, 0.4) is 0 Å². The third-order valence-electron chi connectivity index (χ3n) is 3.02. The molecule has 17 heavy (non-hydrogen) atoms. The lowest BCUT2D eigenvalue weighted by molar-refractivity contribution is 0.185. The zero-order valence-electron chi connectivity index (χ0n) is 10.1. The van der Waals surface area contributed by atoms with Gasteiger partial charge in [-0.1, -0.05) is 0 Å². The van der Waals surface area contributed by atoms with Gasteiger partial charge in [0.15, 0.2) is 0 Å². The van der Waals surface area contributed by atoms with E-state index in [1.54, 1.807) is 0 Å². The van der Waals surface area contributed by atoms with Crippen LogP contribution >= 0.6 is 0 Å². The summed E-state index contributed by atoms with van der Waals surface area (Å²) in [4.78, 5) is 4.34. The normalized spacial score (nSPS) is 18.9. The van der Waals surface area contributed by atoms with E-state index in [-0.39, 0.29) is 0 Å². The van der Waals surface area contributed by atoms with Crippen molar-refractivity contribution < 1.29 is 4.74 Å². The molecule has 4 heteroatoms.